The highest BCUT2D eigenvalue weighted by atomic mass is 16.5. The largest absolute Gasteiger partial charge is 0.497 e. The minimum absolute atomic E-state index is 0.000164. The highest BCUT2D eigenvalue weighted by Gasteiger charge is 2.08. The molecule has 6 heteroatoms. The summed E-state index contributed by atoms with van der Waals surface area (Å²) >= 11 is 0. The highest BCUT2D eigenvalue weighted by Crippen LogP contribution is 2.24. The van der Waals surface area contributed by atoms with E-state index in [0.717, 1.165) is 17.1 Å². The average Bonchev–Trinajstić information content (AvgIpc) is 2.47. The van der Waals surface area contributed by atoms with Gasteiger partial charge in [-0.2, -0.15) is 0 Å². The van der Waals surface area contributed by atoms with Gasteiger partial charge >= 0.3 is 0 Å². The quantitative estimate of drug-likeness (QED) is 0.710. The van der Waals surface area contributed by atoms with Gasteiger partial charge in [0.25, 0.3) is 0 Å². The zero-order valence-electron chi connectivity index (χ0n) is 13.1. The van der Waals surface area contributed by atoms with Crippen molar-refractivity contribution in [2.45, 2.75) is 19.5 Å². The summed E-state index contributed by atoms with van der Waals surface area (Å²) in [4.78, 5) is 11.7. The molecule has 118 valence electrons. The smallest absolute Gasteiger partial charge is 0.234 e. The van der Waals surface area contributed by atoms with Crippen LogP contribution < -0.4 is 20.1 Å². The molecule has 0 fully saturated rings. The summed E-state index contributed by atoms with van der Waals surface area (Å²) in [5, 5.41) is 5.92. The molecule has 1 aromatic carbocycles. The Morgan fingerprint density at radius 1 is 1.24 bits per heavy atom. The minimum Gasteiger partial charge on any atom is -0.497 e. The Kier molecular flexibility index (Phi) is 7.56. The topological polar surface area (TPSA) is 68.8 Å². The molecule has 0 radical (unpaired) electrons. The van der Waals surface area contributed by atoms with Crippen LogP contribution in [0.3, 0.4) is 0 Å². The van der Waals surface area contributed by atoms with Gasteiger partial charge in [-0.25, -0.2) is 0 Å². The maximum atomic E-state index is 11.7. The van der Waals surface area contributed by atoms with Crippen LogP contribution in [0.15, 0.2) is 18.2 Å². The van der Waals surface area contributed by atoms with E-state index < -0.39 is 0 Å². The zero-order valence-corrected chi connectivity index (χ0v) is 13.1. The van der Waals surface area contributed by atoms with Crippen LogP contribution in [0.1, 0.15) is 12.5 Å². The number of hydrogen-bond donors (Lipinski definition) is 2. The Morgan fingerprint density at radius 3 is 2.62 bits per heavy atom. The standard InChI is InChI=1S/C15H24N2O4/c1-11(10-19-2)17-15(18)9-16-8-12-5-6-13(20-3)7-14(12)21-4/h5-7,11,16H,8-10H2,1-4H3,(H,17,18). The Balaban J connectivity index is 2.43. The van der Waals surface area contributed by atoms with E-state index >= 15 is 0 Å². The van der Waals surface area contributed by atoms with E-state index in [1.54, 1.807) is 21.3 Å². The molecule has 0 aromatic heterocycles. The van der Waals surface area contributed by atoms with Crippen LogP contribution >= 0.6 is 0 Å². The molecule has 0 heterocycles. The summed E-state index contributed by atoms with van der Waals surface area (Å²) in [6.45, 7) is 3.18. The summed E-state index contributed by atoms with van der Waals surface area (Å²) < 4.78 is 15.4. The maximum Gasteiger partial charge on any atom is 0.234 e. The van der Waals surface area contributed by atoms with Gasteiger partial charge in [0.2, 0.25) is 5.91 Å². The second kappa shape index (κ2) is 9.20. The molecular weight excluding hydrogens is 272 g/mol. The fraction of sp³-hybridized carbons (Fsp3) is 0.533. The van der Waals surface area contributed by atoms with Crippen LogP contribution in [-0.2, 0) is 16.1 Å². The third-order valence-corrected chi connectivity index (χ3v) is 2.92. The van der Waals surface area contributed by atoms with Gasteiger partial charge in [0.1, 0.15) is 11.5 Å². The molecule has 0 spiro atoms. The molecule has 6 nitrogen and oxygen atoms in total. The van der Waals surface area contributed by atoms with Crippen molar-refractivity contribution in [2.75, 3.05) is 34.5 Å². The summed E-state index contributed by atoms with van der Waals surface area (Å²) in [5.74, 6) is 1.41. The molecule has 0 aliphatic carbocycles. The molecule has 1 unspecified atom stereocenters. The molecule has 0 bridgehead atoms. The molecule has 1 aromatic rings. The Hall–Kier alpha value is -1.79. The predicted octanol–water partition coefficient (Wildman–Crippen LogP) is 0.945. The SMILES string of the molecule is COCC(C)NC(=O)CNCc1ccc(OC)cc1OC. The van der Waals surface area contributed by atoms with E-state index in [2.05, 4.69) is 10.6 Å². The lowest BCUT2D eigenvalue weighted by atomic mass is 10.2. The van der Waals surface area contributed by atoms with E-state index in [9.17, 15) is 4.79 Å². The fourth-order valence-corrected chi connectivity index (χ4v) is 1.93. The molecule has 1 rings (SSSR count). The van der Waals surface area contributed by atoms with E-state index in [-0.39, 0.29) is 18.5 Å². The number of methoxy groups -OCH3 is 3. The van der Waals surface area contributed by atoms with Gasteiger partial charge in [-0.1, -0.05) is 6.07 Å². The average molecular weight is 296 g/mol. The molecule has 0 saturated carbocycles. The van der Waals surface area contributed by atoms with Crippen LogP contribution in [0.5, 0.6) is 11.5 Å². The molecule has 1 amide bonds. The summed E-state index contributed by atoms with van der Waals surface area (Å²) in [7, 11) is 4.83. The second-order valence-electron chi connectivity index (χ2n) is 4.71. The molecule has 0 aliphatic heterocycles. The highest BCUT2D eigenvalue weighted by molar-refractivity contribution is 5.78. The van der Waals surface area contributed by atoms with Crippen LogP contribution in [0.4, 0.5) is 0 Å². The lowest BCUT2D eigenvalue weighted by Gasteiger charge is -2.14. The number of benzene rings is 1. The summed E-state index contributed by atoms with van der Waals surface area (Å²) in [6.07, 6.45) is 0. The van der Waals surface area contributed by atoms with Crippen LogP contribution in [0, 0.1) is 0 Å². The number of carbonyl (C=O) groups is 1. The van der Waals surface area contributed by atoms with Crippen molar-refractivity contribution in [3.8, 4) is 11.5 Å². The van der Waals surface area contributed by atoms with Crippen molar-refractivity contribution in [3.63, 3.8) is 0 Å². The van der Waals surface area contributed by atoms with Crippen LogP contribution in [-0.4, -0.2) is 46.4 Å². The lowest BCUT2D eigenvalue weighted by Crippen LogP contribution is -2.40. The van der Waals surface area contributed by atoms with Crippen molar-refractivity contribution >= 4 is 5.91 Å². The van der Waals surface area contributed by atoms with Gasteiger partial charge in [0.05, 0.1) is 27.4 Å². The number of amides is 1. The first-order valence-corrected chi connectivity index (χ1v) is 6.80. The second-order valence-corrected chi connectivity index (χ2v) is 4.71. The number of nitrogens with one attached hydrogen (secondary N) is 2. The van der Waals surface area contributed by atoms with Crippen molar-refractivity contribution in [1.29, 1.82) is 0 Å². The van der Waals surface area contributed by atoms with Crippen molar-refractivity contribution in [1.82, 2.24) is 10.6 Å². The number of hydrogen-bond acceptors (Lipinski definition) is 5. The van der Waals surface area contributed by atoms with Crippen LogP contribution in [0.2, 0.25) is 0 Å². The first-order valence-electron chi connectivity index (χ1n) is 6.80. The van der Waals surface area contributed by atoms with Gasteiger partial charge in [0.15, 0.2) is 0 Å². The van der Waals surface area contributed by atoms with E-state index in [4.69, 9.17) is 14.2 Å². The fourth-order valence-electron chi connectivity index (χ4n) is 1.93. The van der Waals surface area contributed by atoms with E-state index in [1.165, 1.54) is 0 Å². The number of rotatable bonds is 9. The number of ether oxygens (including phenoxy) is 3. The van der Waals surface area contributed by atoms with Crippen molar-refractivity contribution in [2.24, 2.45) is 0 Å². The molecule has 21 heavy (non-hydrogen) atoms. The van der Waals surface area contributed by atoms with Gasteiger partial charge in [0, 0.05) is 31.3 Å². The minimum atomic E-state index is -0.0629. The molecule has 2 N–H and O–H groups in total. The van der Waals surface area contributed by atoms with E-state index in [0.29, 0.717) is 13.2 Å². The summed E-state index contributed by atoms with van der Waals surface area (Å²) in [5.41, 5.74) is 0.969. The molecular formula is C15H24N2O4. The molecule has 0 saturated heterocycles. The normalized spacial score (nSPS) is 11.8. The first kappa shape index (κ1) is 17.3. The maximum absolute atomic E-state index is 11.7. The van der Waals surface area contributed by atoms with Gasteiger partial charge in [-0.15, -0.1) is 0 Å². The van der Waals surface area contributed by atoms with Crippen LogP contribution in [0.25, 0.3) is 0 Å². The monoisotopic (exact) mass is 296 g/mol. The van der Waals surface area contributed by atoms with Gasteiger partial charge < -0.3 is 24.8 Å². The number of carbonyl (C=O) groups excluding carboxylic acids is 1. The Bertz CT molecular complexity index is 451. The van der Waals surface area contributed by atoms with E-state index in [1.807, 2.05) is 25.1 Å². The Labute approximate surface area is 125 Å². The third-order valence-electron chi connectivity index (χ3n) is 2.92. The Morgan fingerprint density at radius 2 is 2.00 bits per heavy atom. The predicted molar refractivity (Wildman–Crippen MR) is 80.7 cm³/mol. The molecule has 1 atom stereocenters. The third kappa shape index (κ3) is 6.01. The lowest BCUT2D eigenvalue weighted by molar-refractivity contribution is -0.121. The van der Waals surface area contributed by atoms with Gasteiger partial charge in [-0.3, -0.25) is 4.79 Å². The van der Waals surface area contributed by atoms with Crippen molar-refractivity contribution < 1.29 is 19.0 Å². The summed E-state index contributed by atoms with van der Waals surface area (Å²) in [6, 6.07) is 5.59. The van der Waals surface area contributed by atoms with Gasteiger partial charge in [-0.05, 0) is 13.0 Å². The molecule has 0 aliphatic rings. The van der Waals surface area contributed by atoms with Crippen molar-refractivity contribution in [3.05, 3.63) is 23.8 Å². The first-order chi connectivity index (χ1) is 10.1. The zero-order chi connectivity index (χ0) is 15.7.